The van der Waals surface area contributed by atoms with Crippen molar-refractivity contribution in [3.05, 3.63) is 39.2 Å². The molecule has 2 aromatic rings. The number of hydrogen-bond acceptors (Lipinski definition) is 4. The Hall–Kier alpha value is -1.37. The molecule has 1 heterocycles. The van der Waals surface area contributed by atoms with E-state index >= 15 is 0 Å². The second-order valence-electron chi connectivity index (χ2n) is 6.00. The van der Waals surface area contributed by atoms with Gasteiger partial charge in [0, 0.05) is 27.3 Å². The molecule has 0 aliphatic heterocycles. The smallest absolute Gasteiger partial charge is 0.139 e. The summed E-state index contributed by atoms with van der Waals surface area (Å²) in [5, 5.41) is 6.56. The largest absolute Gasteiger partial charge is 0.373 e. The van der Waals surface area contributed by atoms with Crippen LogP contribution in [0.1, 0.15) is 32.2 Å². The third-order valence-corrected chi connectivity index (χ3v) is 3.81. The summed E-state index contributed by atoms with van der Waals surface area (Å²) >= 11 is 2.31. The first-order valence-electron chi connectivity index (χ1n) is 6.90. The number of nitrogens with zero attached hydrogens (tertiary/aromatic N) is 2. The first-order valence-corrected chi connectivity index (χ1v) is 7.98. The minimum absolute atomic E-state index is 0.0964. The zero-order valence-electron chi connectivity index (χ0n) is 13.1. The van der Waals surface area contributed by atoms with Gasteiger partial charge >= 0.3 is 0 Å². The maximum atomic E-state index is 4.71. The molecule has 0 saturated heterocycles. The summed E-state index contributed by atoms with van der Waals surface area (Å²) in [7, 11) is 1.89. The van der Waals surface area contributed by atoms with E-state index < -0.39 is 0 Å². The van der Waals surface area contributed by atoms with E-state index in [0.717, 1.165) is 28.7 Å². The van der Waals surface area contributed by atoms with Crippen molar-refractivity contribution < 1.29 is 0 Å². The molecule has 0 radical (unpaired) electrons. The number of aromatic nitrogens is 2. The van der Waals surface area contributed by atoms with Crippen LogP contribution >= 0.6 is 22.6 Å². The normalized spacial score (nSPS) is 11.3. The Bertz CT molecular complexity index is 647. The molecular weight excluding hydrogens is 375 g/mol. The summed E-state index contributed by atoms with van der Waals surface area (Å²) in [6.45, 7) is 8.37. The van der Waals surface area contributed by atoms with E-state index in [1.807, 2.05) is 26.1 Å². The van der Waals surface area contributed by atoms with Gasteiger partial charge in [-0.25, -0.2) is 9.97 Å². The second kappa shape index (κ2) is 6.17. The number of hydrogen-bond donors (Lipinski definition) is 2. The molecular formula is C16H21IN4. The molecule has 0 aliphatic carbocycles. The fraction of sp³-hybridized carbons (Fsp3) is 0.375. The number of halogens is 1. The highest BCUT2D eigenvalue weighted by atomic mass is 127. The third kappa shape index (κ3) is 3.84. The van der Waals surface area contributed by atoms with Gasteiger partial charge in [0.05, 0.1) is 0 Å². The van der Waals surface area contributed by atoms with Crippen LogP contribution in [-0.4, -0.2) is 17.0 Å². The van der Waals surface area contributed by atoms with Crippen molar-refractivity contribution >= 4 is 39.9 Å². The van der Waals surface area contributed by atoms with Crippen molar-refractivity contribution in [3.63, 3.8) is 0 Å². The fourth-order valence-corrected chi connectivity index (χ4v) is 2.46. The minimum atomic E-state index is -0.0964. The lowest BCUT2D eigenvalue weighted by atomic mass is 9.95. The molecule has 0 spiro atoms. The molecule has 0 unspecified atom stereocenters. The van der Waals surface area contributed by atoms with E-state index in [4.69, 9.17) is 4.98 Å². The van der Waals surface area contributed by atoms with Crippen molar-refractivity contribution in [2.75, 3.05) is 17.7 Å². The average Bonchev–Trinajstić information content (AvgIpc) is 2.40. The Morgan fingerprint density at radius 1 is 1.10 bits per heavy atom. The Morgan fingerprint density at radius 3 is 2.33 bits per heavy atom. The SMILES string of the molecule is CNc1nc(C(C)(C)C)nc(Nc2cccc(I)c2)c1C. The summed E-state index contributed by atoms with van der Waals surface area (Å²) < 4.78 is 1.19. The summed E-state index contributed by atoms with van der Waals surface area (Å²) in [4.78, 5) is 9.33. The zero-order chi connectivity index (χ0) is 15.6. The van der Waals surface area contributed by atoms with Crippen molar-refractivity contribution in [2.24, 2.45) is 0 Å². The topological polar surface area (TPSA) is 49.8 Å². The summed E-state index contributed by atoms with van der Waals surface area (Å²) in [5.74, 6) is 2.54. The van der Waals surface area contributed by atoms with Crippen LogP contribution in [0.2, 0.25) is 0 Å². The lowest BCUT2D eigenvalue weighted by Crippen LogP contribution is -2.18. The zero-order valence-corrected chi connectivity index (χ0v) is 15.2. The van der Waals surface area contributed by atoms with E-state index in [0.29, 0.717) is 0 Å². The van der Waals surface area contributed by atoms with Gasteiger partial charge in [0.25, 0.3) is 0 Å². The predicted molar refractivity (Wildman–Crippen MR) is 97.5 cm³/mol. The molecule has 0 atom stereocenters. The van der Waals surface area contributed by atoms with E-state index in [-0.39, 0.29) is 5.41 Å². The fourth-order valence-electron chi connectivity index (χ4n) is 1.92. The van der Waals surface area contributed by atoms with E-state index in [1.165, 1.54) is 3.57 Å². The Kier molecular flexibility index (Phi) is 4.70. The molecule has 2 N–H and O–H groups in total. The number of nitrogens with one attached hydrogen (secondary N) is 2. The Labute approximate surface area is 139 Å². The maximum absolute atomic E-state index is 4.71. The maximum Gasteiger partial charge on any atom is 0.139 e. The molecule has 1 aromatic carbocycles. The van der Waals surface area contributed by atoms with Gasteiger partial charge in [-0.15, -0.1) is 0 Å². The lowest BCUT2D eigenvalue weighted by molar-refractivity contribution is 0.546. The van der Waals surface area contributed by atoms with Crippen molar-refractivity contribution in [1.82, 2.24) is 9.97 Å². The van der Waals surface area contributed by atoms with Crippen LogP contribution in [0.4, 0.5) is 17.3 Å². The highest BCUT2D eigenvalue weighted by Crippen LogP contribution is 2.28. The van der Waals surface area contributed by atoms with Gasteiger partial charge in [-0.3, -0.25) is 0 Å². The van der Waals surface area contributed by atoms with Gasteiger partial charge in [0.2, 0.25) is 0 Å². The molecule has 4 nitrogen and oxygen atoms in total. The van der Waals surface area contributed by atoms with Crippen LogP contribution < -0.4 is 10.6 Å². The van der Waals surface area contributed by atoms with Crippen molar-refractivity contribution in [1.29, 1.82) is 0 Å². The number of rotatable bonds is 3. The molecule has 0 saturated carbocycles. The van der Waals surface area contributed by atoms with E-state index in [1.54, 1.807) is 0 Å². The second-order valence-corrected chi connectivity index (χ2v) is 7.25. The van der Waals surface area contributed by atoms with Gasteiger partial charge in [0.15, 0.2) is 0 Å². The number of benzene rings is 1. The predicted octanol–water partition coefficient (Wildman–Crippen LogP) is 4.47. The first-order chi connectivity index (χ1) is 9.81. The van der Waals surface area contributed by atoms with Crippen LogP contribution in [0.5, 0.6) is 0 Å². The molecule has 0 fully saturated rings. The van der Waals surface area contributed by atoms with Crippen LogP contribution in [-0.2, 0) is 5.41 Å². The van der Waals surface area contributed by atoms with Gasteiger partial charge in [-0.1, -0.05) is 26.8 Å². The minimum Gasteiger partial charge on any atom is -0.373 e. The first kappa shape index (κ1) is 16.0. The van der Waals surface area contributed by atoms with Gasteiger partial charge in [-0.2, -0.15) is 0 Å². The molecule has 21 heavy (non-hydrogen) atoms. The van der Waals surface area contributed by atoms with Crippen molar-refractivity contribution in [2.45, 2.75) is 33.1 Å². The van der Waals surface area contributed by atoms with Gasteiger partial charge in [0.1, 0.15) is 17.5 Å². The summed E-state index contributed by atoms with van der Waals surface area (Å²) in [5.41, 5.74) is 1.95. The van der Waals surface area contributed by atoms with E-state index in [9.17, 15) is 0 Å². The van der Waals surface area contributed by atoms with E-state index in [2.05, 4.69) is 71.1 Å². The quantitative estimate of drug-likeness (QED) is 0.752. The Morgan fingerprint density at radius 2 is 1.76 bits per heavy atom. The molecule has 5 heteroatoms. The standard InChI is InChI=1S/C16H21IN4/c1-10-13(18-5)20-15(16(2,3)4)21-14(10)19-12-8-6-7-11(17)9-12/h6-9H,1-5H3,(H2,18,19,20,21). The molecule has 0 amide bonds. The van der Waals surface area contributed by atoms with Crippen LogP contribution in [0, 0.1) is 10.5 Å². The lowest BCUT2D eigenvalue weighted by Gasteiger charge is -2.21. The monoisotopic (exact) mass is 396 g/mol. The molecule has 112 valence electrons. The Balaban J connectivity index is 2.47. The van der Waals surface area contributed by atoms with Crippen LogP contribution in [0.25, 0.3) is 0 Å². The van der Waals surface area contributed by atoms with Crippen LogP contribution in [0.3, 0.4) is 0 Å². The summed E-state index contributed by atoms with van der Waals surface area (Å²) in [6, 6.07) is 8.24. The molecule has 1 aromatic heterocycles. The van der Waals surface area contributed by atoms with Crippen LogP contribution in [0.15, 0.2) is 24.3 Å². The third-order valence-electron chi connectivity index (χ3n) is 3.14. The molecule has 0 aliphatic rings. The molecule has 2 rings (SSSR count). The number of anilines is 3. The highest BCUT2D eigenvalue weighted by Gasteiger charge is 2.21. The highest BCUT2D eigenvalue weighted by molar-refractivity contribution is 14.1. The van der Waals surface area contributed by atoms with Gasteiger partial charge < -0.3 is 10.6 Å². The van der Waals surface area contributed by atoms with Gasteiger partial charge in [-0.05, 0) is 47.7 Å². The van der Waals surface area contributed by atoms with Crippen molar-refractivity contribution in [3.8, 4) is 0 Å². The summed E-state index contributed by atoms with van der Waals surface area (Å²) in [6.07, 6.45) is 0. The average molecular weight is 396 g/mol. The molecule has 0 bridgehead atoms.